The highest BCUT2D eigenvalue weighted by Crippen LogP contribution is 2.44. The molecule has 0 radical (unpaired) electrons. The summed E-state index contributed by atoms with van der Waals surface area (Å²) in [6.45, 7) is 2.69. The Morgan fingerprint density at radius 2 is 1.62 bits per heavy atom. The quantitative estimate of drug-likeness (QED) is 0.611. The van der Waals surface area contributed by atoms with Crippen molar-refractivity contribution in [3.05, 3.63) is 65.2 Å². The van der Waals surface area contributed by atoms with Crippen LogP contribution in [0.4, 0.5) is 5.69 Å². The molecule has 2 aliphatic rings. The van der Waals surface area contributed by atoms with Crippen molar-refractivity contribution in [1.82, 2.24) is 10.6 Å². The minimum atomic E-state index is -0.150. The van der Waals surface area contributed by atoms with Gasteiger partial charge in [-0.05, 0) is 62.1 Å². The van der Waals surface area contributed by atoms with Crippen LogP contribution in [-0.4, -0.2) is 24.4 Å². The van der Waals surface area contributed by atoms with Crippen molar-refractivity contribution in [2.75, 3.05) is 11.9 Å². The number of carbonyl (C=O) groups excluding carboxylic acids is 2. The van der Waals surface area contributed by atoms with E-state index in [9.17, 15) is 9.59 Å². The van der Waals surface area contributed by atoms with Gasteiger partial charge in [0.25, 0.3) is 5.91 Å². The highest BCUT2D eigenvalue weighted by atomic mass is 16.2. The fourth-order valence-corrected chi connectivity index (χ4v) is 3.76. The number of amides is 2. The zero-order valence-electron chi connectivity index (χ0n) is 16.9. The largest absolute Gasteiger partial charge is 0.376 e. The van der Waals surface area contributed by atoms with Crippen molar-refractivity contribution < 1.29 is 9.59 Å². The number of carbonyl (C=O) groups is 2. The Labute approximate surface area is 172 Å². The first-order chi connectivity index (χ1) is 14.1. The fraction of sp³-hybridized carbons (Fsp3) is 0.417. The monoisotopic (exact) mass is 391 g/mol. The van der Waals surface area contributed by atoms with Crippen molar-refractivity contribution in [3.8, 4) is 0 Å². The molecule has 5 heteroatoms. The molecule has 3 N–H and O–H groups in total. The number of nitrogens with one attached hydrogen (secondary N) is 3. The van der Waals surface area contributed by atoms with Gasteiger partial charge in [0.2, 0.25) is 5.91 Å². The number of hydrogen-bond acceptors (Lipinski definition) is 3. The number of benzene rings is 2. The molecule has 2 aliphatic carbocycles. The van der Waals surface area contributed by atoms with E-state index in [4.69, 9.17) is 0 Å². The van der Waals surface area contributed by atoms with Crippen LogP contribution in [0.3, 0.4) is 0 Å². The Hall–Kier alpha value is -2.82. The van der Waals surface area contributed by atoms with E-state index in [-0.39, 0.29) is 18.4 Å². The maximum atomic E-state index is 12.7. The number of anilines is 1. The van der Waals surface area contributed by atoms with Gasteiger partial charge < -0.3 is 16.0 Å². The molecule has 0 bridgehead atoms. The summed E-state index contributed by atoms with van der Waals surface area (Å²) in [5.41, 5.74) is 3.48. The molecule has 0 saturated heterocycles. The Morgan fingerprint density at radius 3 is 2.28 bits per heavy atom. The summed E-state index contributed by atoms with van der Waals surface area (Å²) in [5.74, 6) is 1.20. The van der Waals surface area contributed by atoms with Crippen LogP contribution in [0.1, 0.15) is 47.2 Å². The maximum absolute atomic E-state index is 12.7. The van der Waals surface area contributed by atoms with Crippen LogP contribution < -0.4 is 16.0 Å². The van der Waals surface area contributed by atoms with Gasteiger partial charge in [-0.15, -0.1) is 0 Å². The minimum absolute atomic E-state index is 0.00340. The predicted octanol–water partition coefficient (Wildman–Crippen LogP) is 3.64. The lowest BCUT2D eigenvalue weighted by atomic mass is 10.1. The van der Waals surface area contributed by atoms with Gasteiger partial charge in [-0.2, -0.15) is 0 Å². The summed E-state index contributed by atoms with van der Waals surface area (Å²) >= 11 is 0. The molecule has 4 rings (SSSR count). The SMILES string of the molecule is Cc1ccc(CNC(=O)c2ccccc2NCC(=O)NC(C2CC2)C2CC2)cc1. The van der Waals surface area contributed by atoms with E-state index in [1.165, 1.54) is 31.2 Å². The van der Waals surface area contributed by atoms with Gasteiger partial charge in [-0.25, -0.2) is 0 Å². The van der Waals surface area contributed by atoms with Crippen molar-refractivity contribution in [2.45, 2.75) is 45.2 Å². The van der Waals surface area contributed by atoms with Crippen LogP contribution in [-0.2, 0) is 11.3 Å². The normalized spacial score (nSPS) is 15.8. The smallest absolute Gasteiger partial charge is 0.253 e. The third-order valence-corrected chi connectivity index (χ3v) is 5.77. The summed E-state index contributed by atoms with van der Waals surface area (Å²) < 4.78 is 0. The molecule has 2 aromatic rings. The average Bonchev–Trinajstić information content (AvgIpc) is 3.64. The number of aryl methyl sites for hydroxylation is 1. The molecule has 2 fully saturated rings. The third-order valence-electron chi connectivity index (χ3n) is 5.77. The zero-order valence-corrected chi connectivity index (χ0v) is 16.9. The molecule has 2 aromatic carbocycles. The van der Waals surface area contributed by atoms with Crippen LogP contribution in [0.15, 0.2) is 48.5 Å². The lowest BCUT2D eigenvalue weighted by molar-refractivity contribution is -0.120. The molecule has 0 atom stereocenters. The van der Waals surface area contributed by atoms with Gasteiger partial charge in [-0.1, -0.05) is 42.0 Å². The lowest BCUT2D eigenvalue weighted by Crippen LogP contribution is -2.41. The number of hydrogen-bond donors (Lipinski definition) is 3. The average molecular weight is 392 g/mol. The topological polar surface area (TPSA) is 70.2 Å². The summed E-state index contributed by atoms with van der Waals surface area (Å²) in [4.78, 5) is 25.1. The molecule has 152 valence electrons. The predicted molar refractivity (Wildman–Crippen MR) is 115 cm³/mol. The zero-order chi connectivity index (χ0) is 20.2. The highest BCUT2D eigenvalue weighted by Gasteiger charge is 2.42. The van der Waals surface area contributed by atoms with E-state index >= 15 is 0 Å². The highest BCUT2D eigenvalue weighted by molar-refractivity contribution is 6.00. The molecule has 0 unspecified atom stereocenters. The number of para-hydroxylation sites is 1. The summed E-state index contributed by atoms with van der Waals surface area (Å²) in [7, 11) is 0. The van der Waals surface area contributed by atoms with Crippen LogP contribution in [0, 0.1) is 18.8 Å². The summed E-state index contributed by atoms with van der Waals surface area (Å²) in [6.07, 6.45) is 4.94. The molecule has 0 aromatic heterocycles. The molecule has 29 heavy (non-hydrogen) atoms. The first kappa shape index (κ1) is 19.5. The minimum Gasteiger partial charge on any atom is -0.376 e. The first-order valence-electron chi connectivity index (χ1n) is 10.6. The lowest BCUT2D eigenvalue weighted by Gasteiger charge is -2.18. The van der Waals surface area contributed by atoms with E-state index in [0.717, 1.165) is 5.56 Å². The summed E-state index contributed by atoms with van der Waals surface area (Å²) in [5, 5.41) is 9.32. The fourth-order valence-electron chi connectivity index (χ4n) is 3.76. The van der Waals surface area contributed by atoms with Crippen LogP contribution >= 0.6 is 0 Å². The van der Waals surface area contributed by atoms with E-state index in [1.54, 1.807) is 6.07 Å². The molecule has 2 saturated carbocycles. The summed E-state index contributed by atoms with van der Waals surface area (Å²) in [6, 6.07) is 15.8. The van der Waals surface area contributed by atoms with Gasteiger partial charge in [0, 0.05) is 18.3 Å². The van der Waals surface area contributed by atoms with Crippen molar-refractivity contribution in [1.29, 1.82) is 0 Å². The van der Waals surface area contributed by atoms with E-state index in [2.05, 4.69) is 16.0 Å². The second kappa shape index (κ2) is 8.68. The van der Waals surface area contributed by atoms with Crippen molar-refractivity contribution >= 4 is 17.5 Å². The van der Waals surface area contributed by atoms with Gasteiger partial charge in [0.1, 0.15) is 0 Å². The maximum Gasteiger partial charge on any atom is 0.253 e. The standard InChI is InChI=1S/C24H29N3O2/c1-16-6-8-17(9-7-16)14-26-24(29)20-4-2-3-5-21(20)25-15-22(28)27-23(18-10-11-18)19-12-13-19/h2-9,18-19,23,25H,10-15H2,1H3,(H,26,29)(H,27,28). The van der Waals surface area contributed by atoms with E-state index < -0.39 is 0 Å². The van der Waals surface area contributed by atoms with E-state index in [1.807, 2.05) is 49.4 Å². The van der Waals surface area contributed by atoms with E-state index in [0.29, 0.717) is 35.7 Å². The van der Waals surface area contributed by atoms with Gasteiger partial charge in [-0.3, -0.25) is 9.59 Å². The Balaban J connectivity index is 1.31. The van der Waals surface area contributed by atoms with Gasteiger partial charge >= 0.3 is 0 Å². The van der Waals surface area contributed by atoms with Crippen molar-refractivity contribution in [3.63, 3.8) is 0 Å². The van der Waals surface area contributed by atoms with Gasteiger partial charge in [0.05, 0.1) is 12.1 Å². The first-order valence-corrected chi connectivity index (χ1v) is 10.6. The molecular formula is C24H29N3O2. The second-order valence-electron chi connectivity index (χ2n) is 8.34. The number of rotatable bonds is 9. The molecule has 0 aliphatic heterocycles. The van der Waals surface area contributed by atoms with Crippen LogP contribution in [0.5, 0.6) is 0 Å². The Morgan fingerprint density at radius 1 is 0.966 bits per heavy atom. The Bertz CT molecular complexity index is 858. The second-order valence-corrected chi connectivity index (χ2v) is 8.34. The molecule has 2 amide bonds. The van der Waals surface area contributed by atoms with Crippen molar-refractivity contribution in [2.24, 2.45) is 11.8 Å². The van der Waals surface area contributed by atoms with Crippen LogP contribution in [0.25, 0.3) is 0 Å². The van der Waals surface area contributed by atoms with Gasteiger partial charge in [0.15, 0.2) is 0 Å². The molecule has 0 spiro atoms. The molecule has 5 nitrogen and oxygen atoms in total. The molecular weight excluding hydrogens is 362 g/mol. The molecule has 0 heterocycles. The third kappa shape index (κ3) is 5.37. The van der Waals surface area contributed by atoms with Crippen LogP contribution in [0.2, 0.25) is 0 Å². The Kier molecular flexibility index (Phi) is 5.84.